The molecule has 1 aliphatic heterocycles. The zero-order valence-corrected chi connectivity index (χ0v) is 18.3. The lowest BCUT2D eigenvalue weighted by Crippen LogP contribution is -2.30. The average molecular weight is 414 g/mol. The highest BCUT2D eigenvalue weighted by atomic mass is 32.1. The monoisotopic (exact) mass is 413 g/mol. The maximum absolute atomic E-state index is 12.9. The fourth-order valence-corrected chi connectivity index (χ4v) is 4.67. The number of aryl methyl sites for hydroxylation is 1. The highest BCUT2D eigenvalue weighted by molar-refractivity contribution is 7.10. The highest BCUT2D eigenvalue weighted by Gasteiger charge is 2.46. The lowest BCUT2D eigenvalue weighted by molar-refractivity contribution is -0.139. The van der Waals surface area contributed by atoms with Crippen LogP contribution in [0.1, 0.15) is 60.7 Å². The van der Waals surface area contributed by atoms with Gasteiger partial charge >= 0.3 is 0 Å². The van der Waals surface area contributed by atoms with Gasteiger partial charge in [0.1, 0.15) is 11.5 Å². The summed E-state index contributed by atoms with van der Waals surface area (Å²) >= 11 is 1.48. The Morgan fingerprint density at radius 3 is 2.59 bits per heavy atom. The minimum atomic E-state index is -0.629. The number of aliphatic hydroxyl groups excluding tert-OH is 1. The van der Waals surface area contributed by atoms with Crippen LogP contribution in [0.5, 0.6) is 5.75 Å². The zero-order valence-electron chi connectivity index (χ0n) is 17.5. The summed E-state index contributed by atoms with van der Waals surface area (Å²) in [6.07, 6.45) is 0.730. The molecule has 0 radical (unpaired) electrons. The van der Waals surface area contributed by atoms with Crippen LogP contribution in [-0.4, -0.2) is 35.4 Å². The molecule has 1 atom stereocenters. The molecule has 1 aromatic heterocycles. The summed E-state index contributed by atoms with van der Waals surface area (Å²) in [6, 6.07) is 6.97. The first-order valence-electron chi connectivity index (χ1n) is 9.82. The summed E-state index contributed by atoms with van der Waals surface area (Å²) in [4.78, 5) is 28.1. The van der Waals surface area contributed by atoms with Crippen molar-refractivity contribution in [3.05, 3.63) is 56.8 Å². The summed E-state index contributed by atoms with van der Waals surface area (Å²) in [7, 11) is 1.62. The van der Waals surface area contributed by atoms with Crippen molar-refractivity contribution < 1.29 is 19.4 Å². The quantitative estimate of drug-likeness (QED) is 0.410. The number of amides is 1. The van der Waals surface area contributed by atoms with E-state index in [1.54, 1.807) is 12.0 Å². The second-order valence-electron chi connectivity index (χ2n) is 7.57. The average Bonchev–Trinajstić information content (AvgIpc) is 3.30. The number of ketones is 1. The van der Waals surface area contributed by atoms with Crippen molar-refractivity contribution in [2.75, 3.05) is 13.7 Å². The number of Topliss-reactive ketones (excluding diaryl/α,β-unsaturated/α-hetero) is 1. The molecule has 29 heavy (non-hydrogen) atoms. The number of nitrogens with zero attached hydrogens (tertiary/aromatic N) is 1. The molecule has 154 valence electrons. The topological polar surface area (TPSA) is 66.8 Å². The predicted molar refractivity (Wildman–Crippen MR) is 115 cm³/mol. The normalized spacial score (nSPS) is 18.7. The number of ether oxygens (including phenoxy) is 1. The molecule has 1 unspecified atom stereocenters. The molecule has 6 heteroatoms. The Bertz CT molecular complexity index is 960. The third kappa shape index (κ3) is 3.69. The molecule has 1 N–H and O–H groups in total. The molecule has 0 spiro atoms. The van der Waals surface area contributed by atoms with E-state index in [0.717, 1.165) is 28.2 Å². The first-order valence-corrected chi connectivity index (χ1v) is 10.7. The summed E-state index contributed by atoms with van der Waals surface area (Å²) in [5, 5.41) is 13.2. The van der Waals surface area contributed by atoms with E-state index >= 15 is 0 Å². The van der Waals surface area contributed by atoms with Gasteiger partial charge in [0.05, 0.1) is 18.7 Å². The molecular weight excluding hydrogens is 386 g/mol. The minimum Gasteiger partial charge on any atom is -0.507 e. The van der Waals surface area contributed by atoms with E-state index in [4.69, 9.17) is 4.74 Å². The van der Waals surface area contributed by atoms with Gasteiger partial charge in [0, 0.05) is 17.0 Å². The third-order valence-corrected chi connectivity index (χ3v) is 6.20. The van der Waals surface area contributed by atoms with E-state index in [1.807, 2.05) is 57.3 Å². The molecule has 1 aromatic carbocycles. The molecule has 0 saturated carbocycles. The number of carbonyl (C=O) groups excluding carboxylic acids is 2. The van der Waals surface area contributed by atoms with Crippen molar-refractivity contribution in [1.82, 2.24) is 4.90 Å². The van der Waals surface area contributed by atoms with Crippen LogP contribution in [0.4, 0.5) is 0 Å². The molecule has 3 rings (SSSR count). The van der Waals surface area contributed by atoms with E-state index in [9.17, 15) is 14.7 Å². The van der Waals surface area contributed by atoms with Gasteiger partial charge in [0.25, 0.3) is 11.7 Å². The minimum absolute atomic E-state index is 0.123. The molecule has 2 heterocycles. The Kier molecular flexibility index (Phi) is 6.13. The molecule has 0 bridgehead atoms. The van der Waals surface area contributed by atoms with Crippen molar-refractivity contribution in [2.24, 2.45) is 0 Å². The Labute approximate surface area is 175 Å². The predicted octanol–water partition coefficient (Wildman–Crippen LogP) is 5.02. The first kappa shape index (κ1) is 21.1. The number of thiophene rings is 1. The SMILES string of the molecule is CCCN1C(=O)C(=O)/C(=C(/O)c2cc(C(C)C)c(OC)cc2C)C1c1cccs1. The number of hydrogen-bond donors (Lipinski definition) is 1. The van der Waals surface area contributed by atoms with Gasteiger partial charge in [-0.25, -0.2) is 0 Å². The van der Waals surface area contributed by atoms with Gasteiger partial charge in [0.15, 0.2) is 0 Å². The molecule has 1 amide bonds. The van der Waals surface area contributed by atoms with Gasteiger partial charge in [-0.05, 0) is 54.0 Å². The smallest absolute Gasteiger partial charge is 0.295 e. The van der Waals surface area contributed by atoms with E-state index < -0.39 is 17.7 Å². The van der Waals surface area contributed by atoms with Crippen molar-refractivity contribution in [2.45, 2.75) is 46.1 Å². The van der Waals surface area contributed by atoms with Crippen LogP contribution >= 0.6 is 11.3 Å². The first-order chi connectivity index (χ1) is 13.8. The van der Waals surface area contributed by atoms with Gasteiger partial charge in [0.2, 0.25) is 0 Å². The van der Waals surface area contributed by atoms with Crippen LogP contribution in [0.3, 0.4) is 0 Å². The van der Waals surface area contributed by atoms with E-state index in [0.29, 0.717) is 12.1 Å². The molecule has 1 saturated heterocycles. The molecular formula is C23H27NO4S. The summed E-state index contributed by atoms with van der Waals surface area (Å²) in [5.74, 6) is -0.386. The Morgan fingerprint density at radius 2 is 2.03 bits per heavy atom. The molecule has 1 fully saturated rings. The third-order valence-electron chi connectivity index (χ3n) is 5.27. The largest absolute Gasteiger partial charge is 0.507 e. The molecule has 5 nitrogen and oxygen atoms in total. The number of benzene rings is 1. The lowest BCUT2D eigenvalue weighted by atomic mass is 9.92. The number of methoxy groups -OCH3 is 1. The summed E-state index contributed by atoms with van der Waals surface area (Å²) < 4.78 is 5.49. The standard InChI is InChI=1S/C23H27NO4S/c1-6-9-24-20(18-8-7-10-29-18)19(22(26)23(24)27)21(25)16-12-15(13(2)3)17(28-5)11-14(16)4/h7-8,10-13,20,25H,6,9H2,1-5H3/b21-19+. The van der Waals surface area contributed by atoms with Gasteiger partial charge in [-0.2, -0.15) is 0 Å². The molecule has 2 aromatic rings. The Balaban J connectivity index is 2.23. The van der Waals surface area contributed by atoms with Gasteiger partial charge in [-0.1, -0.05) is 26.8 Å². The Hall–Kier alpha value is -2.60. The van der Waals surface area contributed by atoms with Crippen molar-refractivity contribution >= 4 is 28.8 Å². The van der Waals surface area contributed by atoms with Gasteiger partial charge < -0.3 is 14.7 Å². The number of carbonyl (C=O) groups is 2. The second kappa shape index (κ2) is 8.41. The number of rotatable bonds is 6. The fourth-order valence-electron chi connectivity index (χ4n) is 3.82. The second-order valence-corrected chi connectivity index (χ2v) is 8.55. The van der Waals surface area contributed by atoms with Crippen LogP contribution in [0.25, 0.3) is 5.76 Å². The fraction of sp³-hybridized carbons (Fsp3) is 0.391. The molecule has 0 aliphatic carbocycles. The van der Waals surface area contributed by atoms with Gasteiger partial charge in [-0.15, -0.1) is 11.3 Å². The number of likely N-dealkylation sites (tertiary alicyclic amines) is 1. The van der Waals surface area contributed by atoms with Crippen LogP contribution in [-0.2, 0) is 9.59 Å². The summed E-state index contributed by atoms with van der Waals surface area (Å²) in [6.45, 7) is 8.38. The molecule has 1 aliphatic rings. The maximum atomic E-state index is 12.9. The van der Waals surface area contributed by atoms with Crippen LogP contribution in [0, 0.1) is 6.92 Å². The van der Waals surface area contributed by atoms with Gasteiger partial charge in [-0.3, -0.25) is 9.59 Å². The summed E-state index contributed by atoms with van der Waals surface area (Å²) in [5.41, 5.74) is 2.45. The maximum Gasteiger partial charge on any atom is 0.295 e. The van der Waals surface area contributed by atoms with Crippen LogP contribution < -0.4 is 4.74 Å². The van der Waals surface area contributed by atoms with Crippen LogP contribution in [0.15, 0.2) is 35.2 Å². The van der Waals surface area contributed by atoms with Crippen molar-refractivity contribution in [3.63, 3.8) is 0 Å². The van der Waals surface area contributed by atoms with Crippen molar-refractivity contribution in [3.8, 4) is 5.75 Å². The van der Waals surface area contributed by atoms with Crippen LogP contribution in [0.2, 0.25) is 0 Å². The Morgan fingerprint density at radius 1 is 1.31 bits per heavy atom. The zero-order chi connectivity index (χ0) is 21.3. The van der Waals surface area contributed by atoms with E-state index in [-0.39, 0.29) is 17.3 Å². The highest BCUT2D eigenvalue weighted by Crippen LogP contribution is 2.42. The van der Waals surface area contributed by atoms with Crippen molar-refractivity contribution in [1.29, 1.82) is 0 Å². The lowest BCUT2D eigenvalue weighted by Gasteiger charge is -2.24. The van der Waals surface area contributed by atoms with E-state index in [2.05, 4.69) is 0 Å². The number of aliphatic hydroxyl groups is 1. The van der Waals surface area contributed by atoms with E-state index in [1.165, 1.54) is 11.3 Å². The number of hydrogen-bond acceptors (Lipinski definition) is 5.